The first-order chi connectivity index (χ1) is 14.8. The number of imide groups is 1. The van der Waals surface area contributed by atoms with Crippen molar-refractivity contribution < 1.29 is 14.4 Å². The number of aromatic nitrogens is 1. The molecule has 0 N–H and O–H groups in total. The molecule has 0 bridgehead atoms. The molecule has 6 heteroatoms. The smallest absolute Gasteiger partial charge is 0.318 e. The number of ketones is 1. The number of nitrogens with zero attached hydrogens (tertiary/aromatic N) is 3. The van der Waals surface area contributed by atoms with Gasteiger partial charge in [-0.05, 0) is 58.0 Å². The quantitative estimate of drug-likeness (QED) is 0.457. The minimum Gasteiger partial charge on any atom is -0.318 e. The molecule has 1 aromatic heterocycles. The third kappa shape index (κ3) is 3.54. The second-order valence-corrected chi connectivity index (χ2v) is 7.97. The van der Waals surface area contributed by atoms with Crippen LogP contribution >= 0.6 is 0 Å². The lowest BCUT2D eigenvalue weighted by atomic mass is 10.1. The van der Waals surface area contributed by atoms with E-state index in [-0.39, 0.29) is 18.2 Å². The molecule has 0 radical (unpaired) electrons. The molecule has 2 heterocycles. The van der Waals surface area contributed by atoms with Crippen molar-refractivity contribution in [3.63, 3.8) is 0 Å². The predicted octanol–water partition coefficient (Wildman–Crippen LogP) is 4.44. The van der Waals surface area contributed by atoms with E-state index in [4.69, 9.17) is 0 Å². The van der Waals surface area contributed by atoms with Crippen molar-refractivity contribution in [1.82, 2.24) is 9.47 Å². The van der Waals surface area contributed by atoms with Crippen LogP contribution in [0.3, 0.4) is 0 Å². The molecule has 1 saturated heterocycles. The molecule has 1 aliphatic rings. The Morgan fingerprint density at radius 2 is 1.55 bits per heavy atom. The van der Waals surface area contributed by atoms with Gasteiger partial charge in [-0.3, -0.25) is 19.4 Å². The van der Waals surface area contributed by atoms with Gasteiger partial charge in [0, 0.05) is 28.3 Å². The number of rotatable bonds is 5. The van der Waals surface area contributed by atoms with Crippen LogP contribution in [0.2, 0.25) is 0 Å². The van der Waals surface area contributed by atoms with Crippen molar-refractivity contribution in [1.29, 1.82) is 0 Å². The first-order valence-corrected chi connectivity index (χ1v) is 10.3. The van der Waals surface area contributed by atoms with Gasteiger partial charge in [0.25, 0.3) is 5.91 Å². The summed E-state index contributed by atoms with van der Waals surface area (Å²) in [5.41, 5.74) is 4.90. The normalized spacial score (nSPS) is 16.3. The fraction of sp³-hybridized carbons (Fsp3) is 0.240. The molecule has 1 atom stereocenters. The highest BCUT2D eigenvalue weighted by Crippen LogP contribution is 2.27. The Balaban J connectivity index is 1.60. The van der Waals surface area contributed by atoms with Gasteiger partial charge in [-0.1, -0.05) is 35.9 Å². The zero-order valence-corrected chi connectivity index (χ0v) is 18.1. The highest BCUT2D eigenvalue weighted by molar-refractivity contribution is 6.16. The minimum absolute atomic E-state index is 0.255. The average Bonchev–Trinajstić information content (AvgIpc) is 3.17. The van der Waals surface area contributed by atoms with Crippen LogP contribution < -0.4 is 4.90 Å². The zero-order valence-electron chi connectivity index (χ0n) is 18.1. The molecule has 31 heavy (non-hydrogen) atoms. The SMILES string of the molecule is Cc1ccc(N2C(=O)N(CC(=O)c3cc(C)n(-c4ccccc4)c3C)C(=O)[C@@H]2C)cc1. The summed E-state index contributed by atoms with van der Waals surface area (Å²) in [5.74, 6) is -0.620. The summed E-state index contributed by atoms with van der Waals surface area (Å²) in [4.78, 5) is 41.5. The van der Waals surface area contributed by atoms with Gasteiger partial charge >= 0.3 is 6.03 Å². The third-order valence-electron chi connectivity index (χ3n) is 5.81. The number of carbonyl (C=O) groups excluding carboxylic acids is 3. The number of urea groups is 1. The number of Topliss-reactive ketones (excluding diaryl/α,β-unsaturated/α-hetero) is 1. The molecule has 0 aliphatic carbocycles. The van der Waals surface area contributed by atoms with Gasteiger partial charge < -0.3 is 4.57 Å². The fourth-order valence-corrected chi connectivity index (χ4v) is 4.16. The van der Waals surface area contributed by atoms with Crippen LogP contribution in [0.4, 0.5) is 10.5 Å². The number of carbonyl (C=O) groups is 3. The van der Waals surface area contributed by atoms with Crippen LogP contribution in [0.15, 0.2) is 60.7 Å². The highest BCUT2D eigenvalue weighted by atomic mass is 16.2. The maximum Gasteiger partial charge on any atom is 0.332 e. The molecule has 1 fully saturated rings. The molecule has 0 unspecified atom stereocenters. The molecule has 0 spiro atoms. The van der Waals surface area contributed by atoms with Gasteiger partial charge in [-0.25, -0.2) is 4.79 Å². The van der Waals surface area contributed by atoms with Gasteiger partial charge in [0.1, 0.15) is 6.04 Å². The van der Waals surface area contributed by atoms with E-state index < -0.39 is 12.1 Å². The van der Waals surface area contributed by atoms with E-state index >= 15 is 0 Å². The minimum atomic E-state index is -0.653. The Morgan fingerprint density at radius 3 is 2.19 bits per heavy atom. The maximum atomic E-state index is 13.1. The van der Waals surface area contributed by atoms with E-state index in [0.717, 1.165) is 27.5 Å². The number of para-hydroxylation sites is 1. The van der Waals surface area contributed by atoms with Crippen molar-refractivity contribution in [3.05, 3.63) is 83.2 Å². The number of benzene rings is 2. The second kappa shape index (κ2) is 7.87. The van der Waals surface area contributed by atoms with Crippen molar-refractivity contribution in [2.45, 2.75) is 33.7 Å². The summed E-state index contributed by atoms with van der Waals surface area (Å²) in [7, 11) is 0. The van der Waals surface area contributed by atoms with E-state index in [1.165, 1.54) is 4.90 Å². The number of hydrogen-bond acceptors (Lipinski definition) is 3. The lowest BCUT2D eigenvalue weighted by molar-refractivity contribution is -0.126. The standard InChI is InChI=1S/C25H25N3O3/c1-16-10-12-21(13-11-16)28-19(4)24(30)26(25(28)31)15-23(29)22-14-17(2)27(18(22)3)20-8-6-5-7-9-20/h5-14,19H,15H2,1-4H3/t19-/m0/s1. The monoisotopic (exact) mass is 415 g/mol. The van der Waals surface area contributed by atoms with E-state index in [1.807, 2.05) is 86.0 Å². The van der Waals surface area contributed by atoms with E-state index in [0.29, 0.717) is 11.3 Å². The van der Waals surface area contributed by atoms with Crippen LogP contribution in [-0.4, -0.2) is 39.8 Å². The first kappa shape index (κ1) is 20.6. The number of anilines is 1. The molecular weight excluding hydrogens is 390 g/mol. The zero-order chi connectivity index (χ0) is 22.3. The Labute approximate surface area is 181 Å². The lowest BCUT2D eigenvalue weighted by Gasteiger charge is -2.19. The molecule has 158 valence electrons. The molecule has 4 rings (SSSR count). The van der Waals surface area contributed by atoms with Gasteiger partial charge in [-0.2, -0.15) is 0 Å². The Morgan fingerprint density at radius 1 is 0.903 bits per heavy atom. The van der Waals surface area contributed by atoms with Crippen LogP contribution in [0, 0.1) is 20.8 Å². The Bertz CT molecular complexity index is 1160. The summed E-state index contributed by atoms with van der Waals surface area (Å²) in [6, 6.07) is 17.9. The summed E-state index contributed by atoms with van der Waals surface area (Å²) in [5, 5.41) is 0. The van der Waals surface area contributed by atoms with Crippen LogP contribution in [0.25, 0.3) is 5.69 Å². The van der Waals surface area contributed by atoms with Gasteiger partial charge in [0.05, 0.1) is 6.54 Å². The van der Waals surface area contributed by atoms with E-state index in [2.05, 4.69) is 0 Å². The molecule has 3 aromatic rings. The molecule has 3 amide bonds. The molecule has 0 saturated carbocycles. The van der Waals surface area contributed by atoms with Gasteiger partial charge in [0.2, 0.25) is 0 Å². The Kier molecular flexibility index (Phi) is 5.23. The first-order valence-electron chi connectivity index (χ1n) is 10.3. The molecular formula is C25H25N3O3. The van der Waals surface area contributed by atoms with Gasteiger partial charge in [0.15, 0.2) is 5.78 Å². The van der Waals surface area contributed by atoms with Crippen molar-refractivity contribution >= 4 is 23.4 Å². The summed E-state index contributed by atoms with van der Waals surface area (Å²) < 4.78 is 2.00. The molecule has 1 aliphatic heterocycles. The predicted molar refractivity (Wildman–Crippen MR) is 120 cm³/mol. The fourth-order valence-electron chi connectivity index (χ4n) is 4.16. The number of aryl methyl sites for hydroxylation is 2. The summed E-state index contributed by atoms with van der Waals surface area (Å²) in [6.07, 6.45) is 0. The summed E-state index contributed by atoms with van der Waals surface area (Å²) >= 11 is 0. The lowest BCUT2D eigenvalue weighted by Crippen LogP contribution is -2.37. The van der Waals surface area contributed by atoms with Gasteiger partial charge in [-0.15, -0.1) is 0 Å². The largest absolute Gasteiger partial charge is 0.332 e. The van der Waals surface area contributed by atoms with E-state index in [1.54, 1.807) is 6.92 Å². The van der Waals surface area contributed by atoms with Crippen molar-refractivity contribution in [3.8, 4) is 5.69 Å². The van der Waals surface area contributed by atoms with Crippen LogP contribution in [-0.2, 0) is 4.79 Å². The second-order valence-electron chi connectivity index (χ2n) is 7.97. The Hall–Kier alpha value is -3.67. The number of amides is 3. The average molecular weight is 415 g/mol. The van der Waals surface area contributed by atoms with E-state index in [9.17, 15) is 14.4 Å². The number of hydrogen-bond donors (Lipinski definition) is 0. The van der Waals surface area contributed by atoms with Crippen LogP contribution in [0.5, 0.6) is 0 Å². The van der Waals surface area contributed by atoms with Crippen molar-refractivity contribution in [2.24, 2.45) is 0 Å². The van der Waals surface area contributed by atoms with Crippen molar-refractivity contribution in [2.75, 3.05) is 11.4 Å². The maximum absolute atomic E-state index is 13.1. The molecule has 6 nitrogen and oxygen atoms in total. The highest BCUT2D eigenvalue weighted by Gasteiger charge is 2.44. The topological polar surface area (TPSA) is 62.6 Å². The third-order valence-corrected chi connectivity index (χ3v) is 5.81. The van der Waals surface area contributed by atoms with Crippen LogP contribution in [0.1, 0.15) is 34.2 Å². The molecule has 2 aromatic carbocycles. The summed E-state index contributed by atoms with van der Waals surface area (Å²) in [6.45, 7) is 7.18.